The second-order valence-electron chi connectivity index (χ2n) is 7.26. The highest BCUT2D eigenvalue weighted by Gasteiger charge is 2.22. The molecule has 0 radical (unpaired) electrons. The van der Waals surface area contributed by atoms with Crippen molar-refractivity contribution in [3.05, 3.63) is 58.9 Å². The Morgan fingerprint density at radius 1 is 1.29 bits per heavy atom. The molecule has 6 heteroatoms. The molecule has 1 atom stereocenters. The minimum atomic E-state index is -0.00279. The number of hydrogen-bond donors (Lipinski definition) is 1. The van der Waals surface area contributed by atoms with Crippen molar-refractivity contribution >= 4 is 5.69 Å². The summed E-state index contributed by atoms with van der Waals surface area (Å²) in [5.74, 6) is 1.49. The average Bonchev–Trinajstić information content (AvgIpc) is 3.18. The van der Waals surface area contributed by atoms with Crippen molar-refractivity contribution in [3.63, 3.8) is 0 Å². The molecule has 2 N–H and O–H groups in total. The molecule has 0 amide bonds. The van der Waals surface area contributed by atoms with Gasteiger partial charge >= 0.3 is 0 Å². The number of hydrogen-bond acceptors (Lipinski definition) is 5. The molecule has 0 saturated carbocycles. The fourth-order valence-corrected chi connectivity index (χ4v) is 3.64. The maximum absolute atomic E-state index is 7.42. The van der Waals surface area contributed by atoms with Gasteiger partial charge in [0.2, 0.25) is 11.5 Å². The smallest absolute Gasteiger partial charge is 0.256 e. The Morgan fingerprint density at radius 2 is 2.14 bits per heavy atom. The zero-order valence-electron chi connectivity index (χ0n) is 16.0. The molecule has 0 unspecified atom stereocenters. The fraction of sp³-hybridized carbons (Fsp3) is 0.318. The van der Waals surface area contributed by atoms with E-state index in [1.165, 1.54) is 11.1 Å². The fourth-order valence-electron chi connectivity index (χ4n) is 3.64. The number of rotatable bonds is 4. The second kappa shape index (κ2) is 7.45. The van der Waals surface area contributed by atoms with Gasteiger partial charge in [-0.1, -0.05) is 23.4 Å². The highest BCUT2D eigenvalue weighted by molar-refractivity contribution is 5.70. The van der Waals surface area contributed by atoms with Gasteiger partial charge in [0, 0.05) is 17.2 Å². The predicted octanol–water partition coefficient (Wildman–Crippen LogP) is 5.08. The van der Waals surface area contributed by atoms with Crippen molar-refractivity contribution in [1.82, 2.24) is 10.1 Å². The molecule has 1 aliphatic rings. The lowest BCUT2D eigenvalue weighted by atomic mass is 9.85. The van der Waals surface area contributed by atoms with E-state index in [4.69, 9.17) is 21.6 Å². The molecule has 6 nitrogen and oxygen atoms in total. The minimum Gasteiger partial charge on any atom is -0.502 e. The molecule has 0 spiro atoms. The Kier molecular flexibility index (Phi) is 4.84. The van der Waals surface area contributed by atoms with Gasteiger partial charge in [0.05, 0.1) is 12.7 Å². The number of fused-ring (bicyclic) bond motifs is 1. The molecule has 1 aromatic heterocycles. The van der Waals surface area contributed by atoms with Crippen LogP contribution in [0.4, 0.5) is 5.69 Å². The van der Waals surface area contributed by atoms with Gasteiger partial charge in [-0.15, -0.1) is 0 Å². The monoisotopic (exact) mass is 374 g/mol. The maximum atomic E-state index is 7.42. The van der Waals surface area contributed by atoms with Gasteiger partial charge in [0.15, 0.2) is 0 Å². The molecule has 1 aliphatic carbocycles. The van der Waals surface area contributed by atoms with Crippen LogP contribution in [-0.4, -0.2) is 16.2 Å². The Morgan fingerprint density at radius 3 is 2.93 bits per heavy atom. The standard InChI is InChI=1S/C22H22N4O2/c1-13(2)27-20-11-10-14(12-19(20)24-3)22-25-21(26-28-22)17-8-4-7-16-15(17)6-5-9-18(16)23/h4,7-8,10-13,18H,5-6,9,23H2,1-2H3/t18-/m0/s1. The summed E-state index contributed by atoms with van der Waals surface area (Å²) in [7, 11) is 0. The lowest BCUT2D eigenvalue weighted by Crippen LogP contribution is -2.18. The lowest BCUT2D eigenvalue weighted by Gasteiger charge is -2.23. The number of aromatic nitrogens is 2. The summed E-state index contributed by atoms with van der Waals surface area (Å²) in [5, 5.41) is 4.19. The minimum absolute atomic E-state index is 0.00279. The van der Waals surface area contributed by atoms with E-state index in [1.54, 1.807) is 12.1 Å². The summed E-state index contributed by atoms with van der Waals surface area (Å²) >= 11 is 0. The third-order valence-corrected chi connectivity index (χ3v) is 4.91. The predicted molar refractivity (Wildman–Crippen MR) is 107 cm³/mol. The van der Waals surface area contributed by atoms with E-state index < -0.39 is 0 Å². The van der Waals surface area contributed by atoms with Gasteiger partial charge in [0.1, 0.15) is 5.75 Å². The molecule has 0 bridgehead atoms. The van der Waals surface area contributed by atoms with E-state index >= 15 is 0 Å². The Labute approximate surface area is 164 Å². The van der Waals surface area contributed by atoms with Gasteiger partial charge in [-0.25, -0.2) is 4.85 Å². The van der Waals surface area contributed by atoms with Crippen molar-refractivity contribution in [2.24, 2.45) is 5.73 Å². The number of nitrogens with two attached hydrogens (primary N) is 1. The normalized spacial score (nSPS) is 15.9. The van der Waals surface area contributed by atoms with Crippen molar-refractivity contribution < 1.29 is 9.26 Å². The molecule has 28 heavy (non-hydrogen) atoms. The van der Waals surface area contributed by atoms with Crippen LogP contribution in [0.15, 0.2) is 40.9 Å². The molecule has 1 heterocycles. The van der Waals surface area contributed by atoms with E-state index in [9.17, 15) is 0 Å². The van der Waals surface area contributed by atoms with Crippen LogP contribution in [0, 0.1) is 6.57 Å². The SMILES string of the molecule is [C-]#[N+]c1cc(-c2nc(-c3cccc4c3CCC[C@@H]4N)no2)ccc1OC(C)C. The first kappa shape index (κ1) is 18.2. The van der Waals surface area contributed by atoms with Crippen LogP contribution >= 0.6 is 0 Å². The van der Waals surface area contributed by atoms with Crippen LogP contribution in [0.25, 0.3) is 27.7 Å². The van der Waals surface area contributed by atoms with Crippen molar-refractivity contribution in [1.29, 1.82) is 0 Å². The van der Waals surface area contributed by atoms with Crippen LogP contribution in [0.5, 0.6) is 5.75 Å². The van der Waals surface area contributed by atoms with Gasteiger partial charge in [-0.3, -0.25) is 0 Å². The Hall–Kier alpha value is -3.17. The lowest BCUT2D eigenvalue weighted by molar-refractivity contribution is 0.244. The summed E-state index contributed by atoms with van der Waals surface area (Å²) in [6.45, 7) is 11.3. The first-order chi connectivity index (χ1) is 13.6. The number of ether oxygens (including phenoxy) is 1. The van der Waals surface area contributed by atoms with E-state index in [-0.39, 0.29) is 12.1 Å². The zero-order valence-corrected chi connectivity index (χ0v) is 16.0. The van der Waals surface area contributed by atoms with Gasteiger partial charge < -0.3 is 15.0 Å². The summed E-state index contributed by atoms with van der Waals surface area (Å²) in [6, 6.07) is 11.5. The van der Waals surface area contributed by atoms with Crippen molar-refractivity contribution in [2.45, 2.75) is 45.3 Å². The van der Waals surface area contributed by atoms with Crippen LogP contribution < -0.4 is 10.5 Å². The quantitative estimate of drug-likeness (QED) is 0.645. The summed E-state index contributed by atoms with van der Waals surface area (Å²) < 4.78 is 11.2. The van der Waals surface area contributed by atoms with E-state index in [2.05, 4.69) is 21.1 Å². The van der Waals surface area contributed by atoms with Crippen molar-refractivity contribution in [3.8, 4) is 28.6 Å². The number of nitrogens with zero attached hydrogens (tertiary/aromatic N) is 3. The average molecular weight is 374 g/mol. The summed E-state index contributed by atoms with van der Waals surface area (Å²) in [5.41, 5.74) is 10.7. The second-order valence-corrected chi connectivity index (χ2v) is 7.26. The van der Waals surface area contributed by atoms with Gasteiger partial charge in [-0.2, -0.15) is 4.98 Å². The highest BCUT2D eigenvalue weighted by atomic mass is 16.5. The number of benzene rings is 2. The first-order valence-electron chi connectivity index (χ1n) is 9.47. The molecular formula is C22H22N4O2. The molecule has 2 aromatic carbocycles. The van der Waals surface area contributed by atoms with E-state index in [0.717, 1.165) is 24.8 Å². The maximum Gasteiger partial charge on any atom is 0.256 e. The summed E-state index contributed by atoms with van der Waals surface area (Å²) in [4.78, 5) is 8.15. The molecule has 0 aliphatic heterocycles. The van der Waals surface area contributed by atoms with Crippen molar-refractivity contribution in [2.75, 3.05) is 0 Å². The molecule has 0 fully saturated rings. The largest absolute Gasteiger partial charge is 0.502 e. The van der Waals surface area contributed by atoms with E-state index in [0.29, 0.717) is 28.7 Å². The Bertz CT molecular complexity index is 1050. The van der Waals surface area contributed by atoms with E-state index in [1.807, 2.05) is 32.0 Å². The molecule has 142 valence electrons. The zero-order chi connectivity index (χ0) is 19.7. The molecule has 3 aromatic rings. The van der Waals surface area contributed by atoms with Gasteiger partial charge in [-0.05, 0) is 62.4 Å². The van der Waals surface area contributed by atoms with Gasteiger partial charge in [0.25, 0.3) is 5.89 Å². The molecule has 0 saturated heterocycles. The first-order valence-corrected chi connectivity index (χ1v) is 9.47. The Balaban J connectivity index is 1.70. The third kappa shape index (κ3) is 3.37. The highest BCUT2D eigenvalue weighted by Crippen LogP contribution is 2.36. The topological polar surface area (TPSA) is 78.5 Å². The molecular weight excluding hydrogens is 352 g/mol. The molecule has 4 rings (SSSR count). The summed E-state index contributed by atoms with van der Waals surface area (Å²) in [6.07, 6.45) is 3.02. The van der Waals surface area contributed by atoms with Crippen LogP contribution in [0.2, 0.25) is 0 Å². The van der Waals surface area contributed by atoms with Crippen LogP contribution in [-0.2, 0) is 6.42 Å². The van der Waals surface area contributed by atoms with Crippen LogP contribution in [0.1, 0.15) is 43.9 Å². The third-order valence-electron chi connectivity index (χ3n) is 4.91. The van der Waals surface area contributed by atoms with Crippen LogP contribution in [0.3, 0.4) is 0 Å².